The van der Waals surface area contributed by atoms with Crippen LogP contribution in [-0.4, -0.2) is 51.3 Å². The Morgan fingerprint density at radius 2 is 2.21 bits per heavy atom. The van der Waals surface area contributed by atoms with Crippen LogP contribution in [0, 0.1) is 5.92 Å². The summed E-state index contributed by atoms with van der Waals surface area (Å²) in [5.74, 6) is 1.52. The van der Waals surface area contributed by atoms with Crippen LogP contribution in [-0.2, 0) is 10.2 Å². The van der Waals surface area contributed by atoms with Gasteiger partial charge in [-0.05, 0) is 24.1 Å². The summed E-state index contributed by atoms with van der Waals surface area (Å²) in [4.78, 5) is 6.60. The number of nitrogens with one attached hydrogen (secondary N) is 1. The first-order valence-electron chi connectivity index (χ1n) is 8.18. The third-order valence-corrected chi connectivity index (χ3v) is 4.66. The zero-order chi connectivity index (χ0) is 16.9. The SMILES string of the molecule is CN=C(NCC(C)(C)c1cccc(Cl)c1)N(C)CC1CCOC1.I. The highest BCUT2D eigenvalue weighted by Gasteiger charge is 2.23. The summed E-state index contributed by atoms with van der Waals surface area (Å²) in [5.41, 5.74) is 1.19. The fourth-order valence-electron chi connectivity index (χ4n) is 2.90. The predicted octanol–water partition coefficient (Wildman–Crippen LogP) is 3.78. The van der Waals surface area contributed by atoms with Crippen molar-refractivity contribution in [3.8, 4) is 0 Å². The summed E-state index contributed by atoms with van der Waals surface area (Å²) in [6.07, 6.45) is 1.13. The molecule has 4 nitrogen and oxygen atoms in total. The van der Waals surface area contributed by atoms with E-state index in [-0.39, 0.29) is 29.4 Å². The van der Waals surface area contributed by atoms with E-state index in [1.807, 2.05) is 25.2 Å². The maximum atomic E-state index is 6.12. The molecule has 2 rings (SSSR count). The van der Waals surface area contributed by atoms with Crippen molar-refractivity contribution >= 4 is 41.5 Å². The van der Waals surface area contributed by atoms with Crippen molar-refractivity contribution in [2.75, 3.05) is 40.4 Å². The van der Waals surface area contributed by atoms with Gasteiger partial charge in [0.1, 0.15) is 0 Å². The van der Waals surface area contributed by atoms with E-state index in [9.17, 15) is 0 Å². The fourth-order valence-corrected chi connectivity index (χ4v) is 3.09. The Bertz CT molecular complexity index is 545. The van der Waals surface area contributed by atoms with Gasteiger partial charge < -0.3 is 15.0 Å². The van der Waals surface area contributed by atoms with Gasteiger partial charge in [-0.2, -0.15) is 0 Å². The second-order valence-electron chi connectivity index (χ2n) is 6.91. The van der Waals surface area contributed by atoms with E-state index in [4.69, 9.17) is 16.3 Å². The number of nitrogens with zero attached hydrogens (tertiary/aromatic N) is 2. The van der Waals surface area contributed by atoms with Crippen LogP contribution in [0.1, 0.15) is 25.8 Å². The molecule has 1 aromatic carbocycles. The first-order valence-corrected chi connectivity index (χ1v) is 8.56. The van der Waals surface area contributed by atoms with Gasteiger partial charge >= 0.3 is 0 Å². The van der Waals surface area contributed by atoms with Crippen molar-refractivity contribution in [1.82, 2.24) is 10.2 Å². The van der Waals surface area contributed by atoms with Gasteiger partial charge in [0.05, 0.1) is 6.61 Å². The van der Waals surface area contributed by atoms with Gasteiger partial charge in [-0.15, -0.1) is 24.0 Å². The third kappa shape index (κ3) is 6.08. The van der Waals surface area contributed by atoms with E-state index in [0.29, 0.717) is 5.92 Å². The zero-order valence-corrected chi connectivity index (χ0v) is 18.1. The van der Waals surface area contributed by atoms with E-state index in [1.165, 1.54) is 5.56 Å². The summed E-state index contributed by atoms with van der Waals surface area (Å²) in [6, 6.07) is 8.06. The summed E-state index contributed by atoms with van der Waals surface area (Å²) in [6.45, 7) is 7.93. The zero-order valence-electron chi connectivity index (χ0n) is 15.0. The van der Waals surface area contributed by atoms with Crippen LogP contribution in [0.5, 0.6) is 0 Å². The van der Waals surface area contributed by atoms with E-state index >= 15 is 0 Å². The second-order valence-corrected chi connectivity index (χ2v) is 7.34. The molecule has 0 spiro atoms. The van der Waals surface area contributed by atoms with Crippen LogP contribution >= 0.6 is 35.6 Å². The molecule has 1 fully saturated rings. The molecule has 1 heterocycles. The minimum Gasteiger partial charge on any atom is -0.381 e. The van der Waals surface area contributed by atoms with Gasteiger partial charge in [0, 0.05) is 50.1 Å². The second kappa shape index (κ2) is 9.82. The van der Waals surface area contributed by atoms with Crippen LogP contribution in [0.3, 0.4) is 0 Å². The van der Waals surface area contributed by atoms with Gasteiger partial charge in [0.2, 0.25) is 0 Å². The Balaban J connectivity index is 0.00000288. The molecule has 0 amide bonds. The molecule has 1 N–H and O–H groups in total. The minimum atomic E-state index is -0.0296. The smallest absolute Gasteiger partial charge is 0.193 e. The lowest BCUT2D eigenvalue weighted by Gasteiger charge is -2.30. The molecule has 1 aromatic rings. The van der Waals surface area contributed by atoms with E-state index in [0.717, 1.165) is 43.7 Å². The van der Waals surface area contributed by atoms with Crippen molar-refractivity contribution < 1.29 is 4.74 Å². The Kier molecular flexibility index (Phi) is 8.81. The maximum Gasteiger partial charge on any atom is 0.193 e. The molecule has 0 bridgehead atoms. The number of halogens is 2. The van der Waals surface area contributed by atoms with Crippen LogP contribution < -0.4 is 5.32 Å². The van der Waals surface area contributed by atoms with Crippen molar-refractivity contribution in [3.05, 3.63) is 34.9 Å². The predicted molar refractivity (Wildman–Crippen MR) is 113 cm³/mol. The number of hydrogen-bond acceptors (Lipinski definition) is 2. The number of guanidine groups is 1. The molecule has 0 aliphatic carbocycles. The summed E-state index contributed by atoms with van der Waals surface area (Å²) < 4.78 is 5.46. The molecule has 6 heteroatoms. The molecule has 24 heavy (non-hydrogen) atoms. The topological polar surface area (TPSA) is 36.9 Å². The first kappa shape index (κ1) is 21.5. The Hall–Kier alpha value is -0.530. The minimum absolute atomic E-state index is 0. The lowest BCUT2D eigenvalue weighted by atomic mass is 9.84. The van der Waals surface area contributed by atoms with Gasteiger partial charge in [0.15, 0.2) is 5.96 Å². The van der Waals surface area contributed by atoms with Crippen LogP contribution in [0.4, 0.5) is 0 Å². The van der Waals surface area contributed by atoms with Crippen LogP contribution in [0.2, 0.25) is 5.02 Å². The molecule has 136 valence electrons. The molecule has 0 saturated carbocycles. The van der Waals surface area contributed by atoms with Gasteiger partial charge in [-0.3, -0.25) is 4.99 Å². The lowest BCUT2D eigenvalue weighted by molar-refractivity contribution is 0.181. The monoisotopic (exact) mass is 465 g/mol. The quantitative estimate of drug-likeness (QED) is 0.408. The van der Waals surface area contributed by atoms with Crippen molar-refractivity contribution in [2.24, 2.45) is 10.9 Å². The number of hydrogen-bond donors (Lipinski definition) is 1. The van der Waals surface area contributed by atoms with Crippen molar-refractivity contribution in [2.45, 2.75) is 25.7 Å². The van der Waals surface area contributed by atoms with E-state index in [2.05, 4.69) is 42.2 Å². The Morgan fingerprint density at radius 1 is 1.46 bits per heavy atom. The Morgan fingerprint density at radius 3 is 2.79 bits per heavy atom. The van der Waals surface area contributed by atoms with Crippen molar-refractivity contribution in [1.29, 1.82) is 0 Å². The normalized spacial score (nSPS) is 18.2. The largest absolute Gasteiger partial charge is 0.381 e. The fraction of sp³-hybridized carbons (Fsp3) is 0.611. The van der Waals surface area contributed by atoms with Crippen LogP contribution in [0.25, 0.3) is 0 Å². The number of benzene rings is 1. The lowest BCUT2D eigenvalue weighted by Crippen LogP contribution is -2.45. The Labute approximate surface area is 168 Å². The average Bonchev–Trinajstić information content (AvgIpc) is 3.00. The van der Waals surface area contributed by atoms with Gasteiger partial charge in [-0.25, -0.2) is 0 Å². The van der Waals surface area contributed by atoms with Crippen LogP contribution in [0.15, 0.2) is 29.3 Å². The third-order valence-electron chi connectivity index (χ3n) is 4.42. The summed E-state index contributed by atoms with van der Waals surface area (Å²) in [7, 11) is 3.91. The number of aliphatic imine (C=N–C) groups is 1. The van der Waals surface area contributed by atoms with Gasteiger partial charge in [0.25, 0.3) is 0 Å². The highest BCUT2D eigenvalue weighted by atomic mass is 127. The highest BCUT2D eigenvalue weighted by molar-refractivity contribution is 14.0. The molecule has 0 radical (unpaired) electrons. The molecule has 1 saturated heterocycles. The standard InChI is InChI=1S/C18H28ClN3O.HI/c1-18(2,15-6-5-7-16(19)10-15)13-21-17(20-3)22(4)11-14-8-9-23-12-14;/h5-7,10,14H,8-9,11-13H2,1-4H3,(H,20,21);1H. The molecule has 1 aliphatic rings. The highest BCUT2D eigenvalue weighted by Crippen LogP contribution is 2.25. The maximum absolute atomic E-state index is 6.12. The molecular formula is C18H29ClIN3O. The molecule has 0 aromatic heterocycles. The summed E-state index contributed by atoms with van der Waals surface area (Å²) >= 11 is 6.12. The van der Waals surface area contributed by atoms with Gasteiger partial charge in [-0.1, -0.05) is 37.6 Å². The van der Waals surface area contributed by atoms with Crippen molar-refractivity contribution in [3.63, 3.8) is 0 Å². The van der Waals surface area contributed by atoms with E-state index in [1.54, 1.807) is 0 Å². The molecule has 1 unspecified atom stereocenters. The average molecular weight is 466 g/mol. The van der Waals surface area contributed by atoms with E-state index < -0.39 is 0 Å². The number of rotatable bonds is 5. The molecule has 1 aliphatic heterocycles. The molecule has 1 atom stereocenters. The summed E-state index contributed by atoms with van der Waals surface area (Å²) in [5, 5.41) is 4.27. The molecular weight excluding hydrogens is 437 g/mol. The first-order chi connectivity index (χ1) is 10.9. The number of ether oxygens (including phenoxy) is 1.